The first kappa shape index (κ1) is 12.7. The zero-order valence-corrected chi connectivity index (χ0v) is 10.8. The van der Waals surface area contributed by atoms with E-state index in [4.69, 9.17) is 0 Å². The number of rotatable bonds is 4. The molecule has 1 aromatic heterocycles. The van der Waals surface area contributed by atoms with Crippen LogP contribution in [0.2, 0.25) is 0 Å². The molecule has 20 heavy (non-hydrogen) atoms. The Bertz CT molecular complexity index is 609. The van der Waals surface area contributed by atoms with Crippen LogP contribution in [-0.2, 0) is 5.41 Å². The average molecular weight is 271 g/mol. The zero-order chi connectivity index (χ0) is 14.0. The molecule has 1 saturated carbocycles. The van der Waals surface area contributed by atoms with Crippen molar-refractivity contribution in [3.8, 4) is 0 Å². The predicted molar refractivity (Wildman–Crippen MR) is 71.7 cm³/mol. The first-order chi connectivity index (χ1) is 9.70. The highest BCUT2D eigenvalue weighted by Gasteiger charge is 2.44. The van der Waals surface area contributed by atoms with Gasteiger partial charge in [-0.25, -0.2) is 9.37 Å². The zero-order valence-electron chi connectivity index (χ0n) is 10.8. The highest BCUT2D eigenvalue weighted by molar-refractivity contribution is 5.91. The van der Waals surface area contributed by atoms with Crippen LogP contribution in [0.3, 0.4) is 0 Å². The summed E-state index contributed by atoms with van der Waals surface area (Å²) in [6.07, 6.45) is 6.45. The van der Waals surface area contributed by atoms with Crippen molar-refractivity contribution < 1.29 is 9.18 Å². The van der Waals surface area contributed by atoms with Crippen LogP contribution in [0.25, 0.3) is 0 Å². The first-order valence-electron chi connectivity index (χ1n) is 6.50. The largest absolute Gasteiger partial charge is 0.350 e. The fourth-order valence-electron chi connectivity index (χ4n) is 2.28. The lowest BCUT2D eigenvalue weighted by Crippen LogP contribution is -2.32. The number of amides is 1. The van der Waals surface area contributed by atoms with E-state index in [0.717, 1.165) is 18.4 Å². The lowest BCUT2D eigenvalue weighted by Gasteiger charge is -2.16. The monoisotopic (exact) mass is 271 g/mol. The summed E-state index contributed by atoms with van der Waals surface area (Å²) >= 11 is 0. The third kappa shape index (κ3) is 2.52. The van der Waals surface area contributed by atoms with E-state index in [1.165, 1.54) is 30.7 Å². The van der Waals surface area contributed by atoms with Gasteiger partial charge < -0.3 is 5.32 Å². The van der Waals surface area contributed by atoms with E-state index in [-0.39, 0.29) is 17.1 Å². The van der Waals surface area contributed by atoms with E-state index in [1.807, 2.05) is 0 Å². The van der Waals surface area contributed by atoms with Gasteiger partial charge in [-0.05, 0) is 30.5 Å². The molecule has 0 aliphatic heterocycles. The van der Waals surface area contributed by atoms with E-state index in [2.05, 4.69) is 15.3 Å². The Morgan fingerprint density at radius 2 is 2.00 bits per heavy atom. The van der Waals surface area contributed by atoms with Gasteiger partial charge >= 0.3 is 0 Å². The van der Waals surface area contributed by atoms with Crippen LogP contribution in [0.4, 0.5) is 4.39 Å². The number of hydrogen-bond donors (Lipinski definition) is 1. The molecule has 0 unspecified atom stereocenters. The fraction of sp³-hybridized carbons (Fsp3) is 0.267. The summed E-state index contributed by atoms with van der Waals surface area (Å²) in [7, 11) is 0. The maximum atomic E-state index is 12.9. The molecule has 0 saturated heterocycles. The number of carbonyl (C=O) groups is 1. The number of hydrogen-bond acceptors (Lipinski definition) is 3. The summed E-state index contributed by atoms with van der Waals surface area (Å²) < 4.78 is 12.9. The maximum absolute atomic E-state index is 12.9. The predicted octanol–water partition coefficient (Wildman–Crippen LogP) is 2.08. The van der Waals surface area contributed by atoms with Crippen LogP contribution in [0.5, 0.6) is 0 Å². The molecule has 2 aromatic rings. The molecule has 5 heteroatoms. The smallest absolute Gasteiger partial charge is 0.271 e. The standard InChI is InChI=1S/C15H14FN3O/c16-12-3-1-11(2-4-12)15(5-6-15)10-19-14(20)13-9-17-7-8-18-13/h1-4,7-9H,5-6,10H2,(H,19,20). The Morgan fingerprint density at radius 3 is 2.60 bits per heavy atom. The van der Waals surface area contributed by atoms with Gasteiger partial charge in [0.15, 0.2) is 0 Å². The van der Waals surface area contributed by atoms with Gasteiger partial charge in [0.1, 0.15) is 11.5 Å². The van der Waals surface area contributed by atoms with Crippen molar-refractivity contribution in [1.82, 2.24) is 15.3 Å². The van der Waals surface area contributed by atoms with Gasteiger partial charge in [-0.15, -0.1) is 0 Å². The number of benzene rings is 1. The summed E-state index contributed by atoms with van der Waals surface area (Å²) in [4.78, 5) is 19.8. The van der Waals surface area contributed by atoms with E-state index in [1.54, 1.807) is 12.1 Å². The Balaban J connectivity index is 1.66. The van der Waals surface area contributed by atoms with Crippen molar-refractivity contribution in [1.29, 1.82) is 0 Å². The summed E-state index contributed by atoms with van der Waals surface area (Å²) in [6.45, 7) is 0.536. The fourth-order valence-corrected chi connectivity index (χ4v) is 2.28. The summed E-state index contributed by atoms with van der Waals surface area (Å²) in [5, 5.41) is 2.88. The van der Waals surface area contributed by atoms with Crippen LogP contribution >= 0.6 is 0 Å². The second-order valence-electron chi connectivity index (χ2n) is 5.06. The average Bonchev–Trinajstić information content (AvgIpc) is 3.27. The third-order valence-electron chi connectivity index (χ3n) is 3.69. The van der Waals surface area contributed by atoms with Crippen LogP contribution in [0.1, 0.15) is 28.9 Å². The van der Waals surface area contributed by atoms with Gasteiger partial charge in [0, 0.05) is 24.4 Å². The molecule has 0 radical (unpaired) electrons. The van der Waals surface area contributed by atoms with Crippen molar-refractivity contribution in [3.05, 3.63) is 59.9 Å². The molecule has 1 heterocycles. The molecule has 0 spiro atoms. The molecule has 1 aromatic carbocycles. The minimum atomic E-state index is -0.242. The van der Waals surface area contributed by atoms with Gasteiger partial charge in [0.05, 0.1) is 6.20 Å². The minimum Gasteiger partial charge on any atom is -0.350 e. The molecule has 1 aliphatic carbocycles. The molecule has 4 nitrogen and oxygen atoms in total. The Labute approximate surface area is 116 Å². The van der Waals surface area contributed by atoms with Crippen molar-refractivity contribution >= 4 is 5.91 Å². The lowest BCUT2D eigenvalue weighted by molar-refractivity contribution is 0.0944. The Hall–Kier alpha value is -2.30. The van der Waals surface area contributed by atoms with Gasteiger partial charge in [-0.3, -0.25) is 9.78 Å². The van der Waals surface area contributed by atoms with Gasteiger partial charge in [0.2, 0.25) is 0 Å². The number of carbonyl (C=O) groups excluding carboxylic acids is 1. The Kier molecular flexibility index (Phi) is 3.18. The molecule has 1 N–H and O–H groups in total. The number of aromatic nitrogens is 2. The normalized spacial score (nSPS) is 15.7. The molecular weight excluding hydrogens is 257 g/mol. The molecule has 1 fully saturated rings. The second-order valence-corrected chi connectivity index (χ2v) is 5.06. The van der Waals surface area contributed by atoms with E-state index in [0.29, 0.717) is 12.2 Å². The molecule has 102 valence electrons. The maximum Gasteiger partial charge on any atom is 0.271 e. The highest BCUT2D eigenvalue weighted by atomic mass is 19.1. The van der Waals surface area contributed by atoms with Gasteiger partial charge in [0.25, 0.3) is 5.91 Å². The van der Waals surface area contributed by atoms with Crippen LogP contribution in [0, 0.1) is 5.82 Å². The number of halogens is 1. The van der Waals surface area contributed by atoms with Crippen molar-refractivity contribution in [2.24, 2.45) is 0 Å². The molecule has 0 atom stereocenters. The SMILES string of the molecule is O=C(NCC1(c2ccc(F)cc2)CC1)c1cnccn1. The molecule has 3 rings (SSSR count). The number of nitrogens with zero attached hydrogens (tertiary/aromatic N) is 2. The first-order valence-corrected chi connectivity index (χ1v) is 6.50. The van der Waals surface area contributed by atoms with E-state index < -0.39 is 0 Å². The quantitative estimate of drug-likeness (QED) is 0.926. The van der Waals surface area contributed by atoms with Gasteiger partial charge in [-0.1, -0.05) is 12.1 Å². The minimum absolute atomic E-state index is 0.0500. The molecule has 1 aliphatic rings. The lowest BCUT2D eigenvalue weighted by atomic mass is 9.96. The molecule has 0 bridgehead atoms. The second kappa shape index (κ2) is 5.00. The van der Waals surface area contributed by atoms with Crippen LogP contribution < -0.4 is 5.32 Å². The molecular formula is C15H14FN3O. The van der Waals surface area contributed by atoms with Crippen molar-refractivity contribution in [2.45, 2.75) is 18.3 Å². The Morgan fingerprint density at radius 1 is 1.25 bits per heavy atom. The third-order valence-corrected chi connectivity index (χ3v) is 3.69. The van der Waals surface area contributed by atoms with Crippen molar-refractivity contribution in [3.63, 3.8) is 0 Å². The number of nitrogens with one attached hydrogen (secondary N) is 1. The van der Waals surface area contributed by atoms with Crippen LogP contribution in [-0.4, -0.2) is 22.4 Å². The highest BCUT2D eigenvalue weighted by Crippen LogP contribution is 2.47. The molecule has 1 amide bonds. The summed E-state index contributed by atoms with van der Waals surface area (Å²) in [5.41, 5.74) is 1.33. The van der Waals surface area contributed by atoms with E-state index >= 15 is 0 Å². The van der Waals surface area contributed by atoms with Crippen LogP contribution in [0.15, 0.2) is 42.9 Å². The van der Waals surface area contributed by atoms with Gasteiger partial charge in [-0.2, -0.15) is 0 Å². The van der Waals surface area contributed by atoms with E-state index in [9.17, 15) is 9.18 Å². The summed E-state index contributed by atoms with van der Waals surface area (Å²) in [5.74, 6) is -0.473. The topological polar surface area (TPSA) is 54.9 Å². The van der Waals surface area contributed by atoms with Crippen molar-refractivity contribution in [2.75, 3.05) is 6.54 Å². The summed E-state index contributed by atoms with van der Waals surface area (Å²) in [6, 6.07) is 6.49.